The van der Waals surface area contributed by atoms with Crippen LogP contribution in [0.15, 0.2) is 36.7 Å². The lowest BCUT2D eigenvalue weighted by molar-refractivity contribution is 0.0697. The first-order valence-corrected chi connectivity index (χ1v) is 5.75. The Morgan fingerprint density at radius 3 is 2.78 bits per heavy atom. The summed E-state index contributed by atoms with van der Waals surface area (Å²) in [7, 11) is 1.97. The number of nitrogens with one attached hydrogen (secondary N) is 1. The summed E-state index contributed by atoms with van der Waals surface area (Å²) in [6.45, 7) is 2.64. The average Bonchev–Trinajstić information content (AvgIpc) is 2.74. The van der Waals surface area contributed by atoms with Gasteiger partial charge in [0.1, 0.15) is 0 Å². The molecule has 0 aliphatic carbocycles. The second-order valence-electron chi connectivity index (χ2n) is 4.37. The van der Waals surface area contributed by atoms with E-state index in [0.717, 1.165) is 16.8 Å². The highest BCUT2D eigenvalue weighted by Gasteiger charge is 2.06. The van der Waals surface area contributed by atoms with Crippen LogP contribution in [-0.4, -0.2) is 15.6 Å². The van der Waals surface area contributed by atoms with Crippen molar-refractivity contribution < 1.29 is 9.90 Å². The molecule has 0 aliphatic heterocycles. The smallest absolute Gasteiger partial charge is 0.335 e. The van der Waals surface area contributed by atoms with Crippen LogP contribution in [0.2, 0.25) is 0 Å². The van der Waals surface area contributed by atoms with Crippen LogP contribution in [0.5, 0.6) is 0 Å². The van der Waals surface area contributed by atoms with Crippen molar-refractivity contribution in [1.82, 2.24) is 4.57 Å². The van der Waals surface area contributed by atoms with E-state index < -0.39 is 5.97 Å². The second kappa shape index (κ2) is 4.96. The van der Waals surface area contributed by atoms with E-state index in [9.17, 15) is 4.79 Å². The van der Waals surface area contributed by atoms with Crippen molar-refractivity contribution in [2.75, 3.05) is 5.32 Å². The SMILES string of the molecule is Cc1ccc(C(=O)O)cc1NCc1ccn(C)c1. The molecule has 4 nitrogen and oxygen atoms in total. The van der Waals surface area contributed by atoms with Gasteiger partial charge in [0.2, 0.25) is 0 Å². The van der Waals surface area contributed by atoms with Crippen LogP contribution in [0.4, 0.5) is 5.69 Å². The molecule has 0 aliphatic rings. The minimum absolute atomic E-state index is 0.302. The van der Waals surface area contributed by atoms with Crippen molar-refractivity contribution >= 4 is 11.7 Å². The number of aryl methyl sites for hydroxylation is 2. The molecule has 0 amide bonds. The Morgan fingerprint density at radius 1 is 1.39 bits per heavy atom. The van der Waals surface area contributed by atoms with Gasteiger partial charge < -0.3 is 15.0 Å². The van der Waals surface area contributed by atoms with Crippen LogP contribution in [0.25, 0.3) is 0 Å². The van der Waals surface area contributed by atoms with E-state index in [4.69, 9.17) is 5.11 Å². The summed E-state index contributed by atoms with van der Waals surface area (Å²) in [5, 5.41) is 12.2. The number of aromatic carboxylic acids is 1. The van der Waals surface area contributed by atoms with Crippen LogP contribution in [0.3, 0.4) is 0 Å². The number of nitrogens with zero attached hydrogens (tertiary/aromatic N) is 1. The molecule has 0 atom stereocenters. The molecule has 2 rings (SSSR count). The van der Waals surface area contributed by atoms with E-state index in [1.807, 2.05) is 43.1 Å². The molecule has 18 heavy (non-hydrogen) atoms. The van der Waals surface area contributed by atoms with E-state index >= 15 is 0 Å². The van der Waals surface area contributed by atoms with Crippen LogP contribution >= 0.6 is 0 Å². The van der Waals surface area contributed by atoms with E-state index in [0.29, 0.717) is 12.1 Å². The van der Waals surface area contributed by atoms with Gasteiger partial charge in [-0.3, -0.25) is 0 Å². The largest absolute Gasteiger partial charge is 0.478 e. The van der Waals surface area contributed by atoms with Crippen LogP contribution in [-0.2, 0) is 13.6 Å². The van der Waals surface area contributed by atoms with E-state index in [1.54, 1.807) is 12.1 Å². The zero-order chi connectivity index (χ0) is 13.1. The highest BCUT2D eigenvalue weighted by atomic mass is 16.4. The molecule has 2 N–H and O–H groups in total. The molecule has 94 valence electrons. The molecule has 0 spiro atoms. The molecular weight excluding hydrogens is 228 g/mol. The van der Waals surface area contributed by atoms with Crippen molar-refractivity contribution in [3.05, 3.63) is 53.3 Å². The maximum Gasteiger partial charge on any atom is 0.335 e. The number of carboxylic acids is 1. The second-order valence-corrected chi connectivity index (χ2v) is 4.37. The highest BCUT2D eigenvalue weighted by Crippen LogP contribution is 2.18. The highest BCUT2D eigenvalue weighted by molar-refractivity contribution is 5.89. The summed E-state index contributed by atoms with van der Waals surface area (Å²) >= 11 is 0. The Kier molecular flexibility index (Phi) is 3.37. The van der Waals surface area contributed by atoms with Crippen molar-refractivity contribution in [3.63, 3.8) is 0 Å². The topological polar surface area (TPSA) is 54.3 Å². The van der Waals surface area contributed by atoms with Crippen molar-refractivity contribution in [3.8, 4) is 0 Å². The fourth-order valence-electron chi connectivity index (χ4n) is 1.81. The predicted molar refractivity (Wildman–Crippen MR) is 70.9 cm³/mol. The minimum atomic E-state index is -0.905. The van der Waals surface area contributed by atoms with Gasteiger partial charge in [-0.1, -0.05) is 6.07 Å². The zero-order valence-electron chi connectivity index (χ0n) is 10.5. The molecule has 0 saturated heterocycles. The lowest BCUT2D eigenvalue weighted by Gasteiger charge is -2.09. The van der Waals surface area contributed by atoms with Crippen LogP contribution in [0.1, 0.15) is 21.5 Å². The first kappa shape index (κ1) is 12.2. The summed E-state index contributed by atoms with van der Waals surface area (Å²) in [5.41, 5.74) is 3.36. The molecule has 0 saturated carbocycles. The number of hydrogen-bond donors (Lipinski definition) is 2. The first-order chi connectivity index (χ1) is 8.56. The van der Waals surface area contributed by atoms with Gasteiger partial charge in [-0.05, 0) is 36.2 Å². The molecule has 0 bridgehead atoms. The molecule has 1 heterocycles. The van der Waals surface area contributed by atoms with Crippen LogP contribution in [0, 0.1) is 6.92 Å². The molecule has 1 aromatic carbocycles. The summed E-state index contributed by atoms with van der Waals surface area (Å²) in [5.74, 6) is -0.905. The lowest BCUT2D eigenvalue weighted by atomic mass is 10.1. The molecule has 1 aromatic heterocycles. The number of carboxylic acid groups (broad SMARTS) is 1. The third-order valence-corrected chi connectivity index (χ3v) is 2.86. The Bertz CT molecular complexity index is 573. The van der Waals surface area contributed by atoms with Gasteiger partial charge in [0.25, 0.3) is 0 Å². The third kappa shape index (κ3) is 2.71. The number of anilines is 1. The maximum atomic E-state index is 10.9. The maximum absolute atomic E-state index is 10.9. The van der Waals surface area contributed by atoms with Crippen molar-refractivity contribution in [2.24, 2.45) is 7.05 Å². The molecular formula is C14H16N2O2. The van der Waals surface area contributed by atoms with Gasteiger partial charge in [-0.2, -0.15) is 0 Å². The fourth-order valence-corrected chi connectivity index (χ4v) is 1.81. The summed E-state index contributed by atoms with van der Waals surface area (Å²) in [6, 6.07) is 7.13. The number of benzene rings is 1. The molecule has 4 heteroatoms. The monoisotopic (exact) mass is 244 g/mol. The Hall–Kier alpha value is -2.23. The van der Waals surface area contributed by atoms with E-state index in [-0.39, 0.29) is 0 Å². The van der Waals surface area contributed by atoms with Crippen molar-refractivity contribution in [2.45, 2.75) is 13.5 Å². The number of hydrogen-bond acceptors (Lipinski definition) is 2. The predicted octanol–water partition coefficient (Wildman–Crippen LogP) is 2.64. The van der Waals surface area contributed by atoms with Gasteiger partial charge in [0, 0.05) is 31.7 Å². The summed E-state index contributed by atoms with van der Waals surface area (Å²) in [4.78, 5) is 10.9. The van der Waals surface area contributed by atoms with Crippen molar-refractivity contribution in [1.29, 1.82) is 0 Å². The lowest BCUT2D eigenvalue weighted by Crippen LogP contribution is -2.03. The molecule has 0 radical (unpaired) electrons. The summed E-state index contributed by atoms with van der Waals surface area (Å²) < 4.78 is 1.98. The average molecular weight is 244 g/mol. The van der Waals surface area contributed by atoms with Gasteiger partial charge in [0.05, 0.1) is 5.56 Å². The molecule has 2 aromatic rings. The van der Waals surface area contributed by atoms with Gasteiger partial charge in [-0.25, -0.2) is 4.79 Å². The standard InChI is InChI=1S/C14H16N2O2/c1-10-3-4-12(14(17)18)7-13(10)15-8-11-5-6-16(2)9-11/h3-7,9,15H,8H2,1-2H3,(H,17,18). The Balaban J connectivity index is 2.13. The molecule has 0 fully saturated rings. The third-order valence-electron chi connectivity index (χ3n) is 2.86. The summed E-state index contributed by atoms with van der Waals surface area (Å²) in [6.07, 6.45) is 4.01. The minimum Gasteiger partial charge on any atom is -0.478 e. The van der Waals surface area contributed by atoms with Gasteiger partial charge in [0.15, 0.2) is 0 Å². The normalized spacial score (nSPS) is 10.3. The van der Waals surface area contributed by atoms with E-state index in [2.05, 4.69) is 5.32 Å². The Labute approximate surface area is 106 Å². The molecule has 0 unspecified atom stereocenters. The Morgan fingerprint density at radius 2 is 2.17 bits per heavy atom. The number of carbonyl (C=O) groups is 1. The fraction of sp³-hybridized carbons (Fsp3) is 0.214. The number of rotatable bonds is 4. The van der Waals surface area contributed by atoms with Crippen LogP contribution < -0.4 is 5.32 Å². The van der Waals surface area contributed by atoms with Gasteiger partial charge in [-0.15, -0.1) is 0 Å². The zero-order valence-corrected chi connectivity index (χ0v) is 10.5. The van der Waals surface area contributed by atoms with E-state index in [1.165, 1.54) is 0 Å². The quantitative estimate of drug-likeness (QED) is 0.869. The van der Waals surface area contributed by atoms with Gasteiger partial charge >= 0.3 is 5.97 Å². The first-order valence-electron chi connectivity index (χ1n) is 5.75. The number of aromatic nitrogens is 1.